The zero-order valence-electron chi connectivity index (χ0n) is 9.12. The SMILES string of the molecule is CC(C)(C)n1oon(C(C)(C)C)o1. The van der Waals surface area contributed by atoms with Gasteiger partial charge in [-0.15, -0.1) is 9.36 Å². The largest absolute Gasteiger partial charge is 0.221 e. The summed E-state index contributed by atoms with van der Waals surface area (Å²) in [4.78, 5) is 2.64. The van der Waals surface area contributed by atoms with Crippen LogP contribution in [0.1, 0.15) is 41.5 Å². The van der Waals surface area contributed by atoms with Crippen LogP contribution in [0.2, 0.25) is 0 Å². The molecule has 0 N–H and O–H groups in total. The topological polar surface area (TPSA) is 49.3 Å². The van der Waals surface area contributed by atoms with Crippen molar-refractivity contribution >= 4 is 0 Å². The van der Waals surface area contributed by atoms with Crippen molar-refractivity contribution in [1.29, 1.82) is 0 Å². The third-order valence-electron chi connectivity index (χ3n) is 1.41. The molecule has 0 saturated carbocycles. The Bertz CT molecular complexity index is 265. The lowest BCUT2D eigenvalue weighted by Crippen LogP contribution is -2.23. The van der Waals surface area contributed by atoms with Crippen molar-refractivity contribution in [2.24, 2.45) is 0 Å². The van der Waals surface area contributed by atoms with E-state index < -0.39 is 0 Å². The van der Waals surface area contributed by atoms with Crippen molar-refractivity contribution in [3.8, 4) is 0 Å². The number of hydrogen-bond acceptors (Lipinski definition) is 3. The molecule has 0 aromatic carbocycles. The van der Waals surface area contributed by atoms with Crippen molar-refractivity contribution in [1.82, 2.24) is 9.82 Å². The summed E-state index contributed by atoms with van der Waals surface area (Å²) in [6, 6.07) is 0. The molecule has 1 rings (SSSR count). The van der Waals surface area contributed by atoms with Crippen molar-refractivity contribution in [3.63, 3.8) is 0 Å². The summed E-state index contributed by atoms with van der Waals surface area (Å²) in [6.07, 6.45) is 0. The van der Waals surface area contributed by atoms with Crippen molar-refractivity contribution < 1.29 is 14.0 Å². The van der Waals surface area contributed by atoms with Gasteiger partial charge in [0.25, 0.3) is 0 Å². The van der Waals surface area contributed by atoms with Gasteiger partial charge >= 0.3 is 0 Å². The maximum Gasteiger partial charge on any atom is 0.111 e. The van der Waals surface area contributed by atoms with Crippen LogP contribution < -0.4 is 0 Å². The molecule has 5 heteroatoms. The molecule has 1 heterocycles. The van der Waals surface area contributed by atoms with Crippen LogP contribution in [0.5, 0.6) is 0 Å². The summed E-state index contributed by atoms with van der Waals surface area (Å²) in [6.45, 7) is 11.8. The molecule has 0 fully saturated rings. The highest BCUT2D eigenvalue weighted by atomic mass is 17.2. The van der Waals surface area contributed by atoms with Gasteiger partial charge in [0.05, 0.1) is 0 Å². The van der Waals surface area contributed by atoms with Gasteiger partial charge in [-0.2, -0.15) is 0 Å². The molecule has 0 saturated heterocycles. The molecular formula is C8H18N2O3. The lowest BCUT2D eigenvalue weighted by atomic mass is 10.1. The van der Waals surface area contributed by atoms with Gasteiger partial charge in [-0.05, 0) is 41.5 Å². The molecule has 13 heavy (non-hydrogen) atoms. The van der Waals surface area contributed by atoms with Crippen LogP contribution in [0.15, 0.2) is 14.0 Å². The van der Waals surface area contributed by atoms with E-state index in [0.717, 1.165) is 0 Å². The predicted molar refractivity (Wildman–Crippen MR) is 46.8 cm³/mol. The van der Waals surface area contributed by atoms with E-state index >= 15 is 0 Å². The van der Waals surface area contributed by atoms with Crippen LogP contribution in [0, 0.1) is 0 Å². The molecule has 0 bridgehead atoms. The first kappa shape index (κ1) is 10.1. The van der Waals surface area contributed by atoms with E-state index in [2.05, 4.69) is 0 Å². The fourth-order valence-corrected chi connectivity index (χ4v) is 0.624. The number of hydrogen-bond donors (Lipinski definition) is 0. The lowest BCUT2D eigenvalue weighted by molar-refractivity contribution is -0.129. The van der Waals surface area contributed by atoms with Gasteiger partial charge in [-0.1, -0.05) is 0 Å². The van der Waals surface area contributed by atoms with E-state index in [1.807, 2.05) is 41.5 Å². The summed E-state index contributed by atoms with van der Waals surface area (Å²) in [7, 11) is 0. The molecule has 0 unspecified atom stereocenters. The minimum absolute atomic E-state index is 0.250. The third kappa shape index (κ3) is 2.23. The molecule has 0 amide bonds. The molecule has 0 radical (unpaired) electrons. The highest BCUT2D eigenvalue weighted by Crippen LogP contribution is 2.18. The van der Waals surface area contributed by atoms with Crippen LogP contribution in [-0.4, -0.2) is 9.82 Å². The second-order valence-electron chi connectivity index (χ2n) is 5.09. The fourth-order valence-electron chi connectivity index (χ4n) is 0.624. The average Bonchev–Trinajstić information content (AvgIpc) is 2.28. The fraction of sp³-hybridized carbons (Fsp3) is 1.00. The first-order valence-electron chi connectivity index (χ1n) is 4.34. The summed E-state index contributed by atoms with van der Waals surface area (Å²) in [5.74, 6) is 0. The van der Waals surface area contributed by atoms with Crippen LogP contribution in [-0.2, 0) is 11.1 Å². The predicted octanol–water partition coefficient (Wildman–Crippen LogP) is 2.70. The van der Waals surface area contributed by atoms with Gasteiger partial charge in [0, 0.05) is 9.82 Å². The zero-order chi connectivity index (χ0) is 10.3. The normalized spacial score (nSPS) is 13.4. The Balaban J connectivity index is 3.01. The molecule has 0 aliphatic heterocycles. The van der Waals surface area contributed by atoms with Crippen molar-refractivity contribution in [2.75, 3.05) is 0 Å². The Kier molecular flexibility index (Phi) is 2.13. The average molecular weight is 190 g/mol. The molecule has 0 spiro atoms. The number of rotatable bonds is 0. The smallest absolute Gasteiger partial charge is 0.111 e. The Morgan fingerprint density at radius 1 is 0.692 bits per heavy atom. The summed E-state index contributed by atoms with van der Waals surface area (Å²) in [5, 5.41) is 0. The molecule has 0 aliphatic carbocycles. The monoisotopic (exact) mass is 190 g/mol. The molecule has 78 valence electrons. The van der Waals surface area contributed by atoms with Gasteiger partial charge in [-0.25, -0.2) is 4.63 Å². The van der Waals surface area contributed by atoms with Crippen LogP contribution in [0.3, 0.4) is 0 Å². The van der Waals surface area contributed by atoms with Gasteiger partial charge in [0.1, 0.15) is 11.1 Å². The Labute approximate surface area is 77.3 Å². The van der Waals surface area contributed by atoms with Crippen molar-refractivity contribution in [3.05, 3.63) is 0 Å². The first-order valence-corrected chi connectivity index (χ1v) is 4.34. The molecular weight excluding hydrogens is 172 g/mol. The van der Waals surface area contributed by atoms with Crippen molar-refractivity contribution in [2.45, 2.75) is 52.6 Å². The zero-order valence-corrected chi connectivity index (χ0v) is 9.12. The Morgan fingerprint density at radius 3 is 1.15 bits per heavy atom. The highest BCUT2D eigenvalue weighted by molar-refractivity contribution is 4.59. The minimum Gasteiger partial charge on any atom is -0.221 e. The minimum atomic E-state index is -0.250. The molecule has 0 aliphatic rings. The maximum atomic E-state index is 5.31. The van der Waals surface area contributed by atoms with Gasteiger partial charge < -0.3 is 0 Å². The standard InChI is InChI=1S/C8H18N2O3/c1-7(2,3)9-11-10(13-12-9)8(4,5)6/h1-6H3. The summed E-state index contributed by atoms with van der Waals surface area (Å²) in [5.41, 5.74) is -0.500. The third-order valence-corrected chi connectivity index (χ3v) is 1.41. The van der Waals surface area contributed by atoms with E-state index in [9.17, 15) is 0 Å². The number of nitrogens with zero attached hydrogens (tertiary/aromatic N) is 2. The molecule has 1 aromatic rings. The van der Waals surface area contributed by atoms with E-state index in [1.165, 1.54) is 9.82 Å². The summed E-state index contributed by atoms with van der Waals surface area (Å²) >= 11 is 0. The molecule has 0 atom stereocenters. The van der Waals surface area contributed by atoms with Gasteiger partial charge in [-0.3, -0.25) is 0 Å². The second-order valence-corrected chi connectivity index (χ2v) is 5.09. The van der Waals surface area contributed by atoms with Gasteiger partial charge in [0.2, 0.25) is 0 Å². The van der Waals surface area contributed by atoms with E-state index in [1.54, 1.807) is 0 Å². The van der Waals surface area contributed by atoms with Gasteiger partial charge in [0.15, 0.2) is 0 Å². The maximum absolute atomic E-state index is 5.31. The van der Waals surface area contributed by atoms with Crippen LogP contribution in [0.25, 0.3) is 0 Å². The van der Waals surface area contributed by atoms with Crippen LogP contribution in [0.4, 0.5) is 0 Å². The van der Waals surface area contributed by atoms with E-state index in [-0.39, 0.29) is 11.1 Å². The quantitative estimate of drug-likeness (QED) is 0.591. The molecule has 1 aromatic heterocycles. The highest BCUT2D eigenvalue weighted by Gasteiger charge is 2.24. The Morgan fingerprint density at radius 2 is 1.00 bits per heavy atom. The van der Waals surface area contributed by atoms with E-state index in [0.29, 0.717) is 0 Å². The first-order chi connectivity index (χ1) is 5.71. The van der Waals surface area contributed by atoms with E-state index in [4.69, 9.17) is 14.0 Å². The van der Waals surface area contributed by atoms with Crippen LogP contribution >= 0.6 is 0 Å². The summed E-state index contributed by atoms with van der Waals surface area (Å²) < 4.78 is 15.1. The number of aromatic nitrogens is 2. The molecule has 5 nitrogen and oxygen atoms in total. The second kappa shape index (κ2) is 2.75. The lowest BCUT2D eigenvalue weighted by Gasteiger charge is -2.14. The Hall–Kier alpha value is -1.00.